The number of nitrogens with zero attached hydrogens (tertiary/aromatic N) is 2. The van der Waals surface area contributed by atoms with Crippen LogP contribution in [0.25, 0.3) is 5.69 Å². The molecule has 0 bridgehead atoms. The molecule has 0 aliphatic heterocycles. The van der Waals surface area contributed by atoms with Gasteiger partial charge in [0.25, 0.3) is 0 Å². The van der Waals surface area contributed by atoms with Crippen LogP contribution in [0.4, 0.5) is 0 Å². The topological polar surface area (TPSA) is 84.2 Å². The standard InChI is InChI=1S/C16H17N3O3/c1-10(18-15(20)13-9-14(13)16(21)22)11-3-5-12(6-4-11)19-8-2-7-17-19/h2-8,10,13-14H,9H2,1H3,(H,18,20)(H,21,22)/t10-,13-,14+/m0/s1. The van der Waals surface area contributed by atoms with Gasteiger partial charge in [-0.3, -0.25) is 9.59 Å². The molecule has 0 radical (unpaired) electrons. The van der Waals surface area contributed by atoms with Gasteiger partial charge in [-0.25, -0.2) is 4.68 Å². The highest BCUT2D eigenvalue weighted by Gasteiger charge is 2.48. The number of carbonyl (C=O) groups excluding carboxylic acids is 1. The molecule has 2 aromatic rings. The Labute approximate surface area is 127 Å². The van der Waals surface area contributed by atoms with Crippen molar-refractivity contribution in [1.82, 2.24) is 15.1 Å². The van der Waals surface area contributed by atoms with Crippen LogP contribution in [-0.2, 0) is 9.59 Å². The Bertz CT molecular complexity index is 679. The number of hydrogen-bond donors (Lipinski definition) is 2. The number of benzene rings is 1. The first-order valence-corrected chi connectivity index (χ1v) is 7.19. The molecule has 1 aromatic heterocycles. The van der Waals surface area contributed by atoms with Gasteiger partial charge in [0.1, 0.15) is 0 Å². The second-order valence-electron chi connectivity index (χ2n) is 5.56. The minimum absolute atomic E-state index is 0.158. The lowest BCUT2D eigenvalue weighted by atomic mass is 10.1. The third kappa shape index (κ3) is 2.86. The maximum absolute atomic E-state index is 12.0. The van der Waals surface area contributed by atoms with Gasteiger partial charge in [0.05, 0.1) is 23.6 Å². The second kappa shape index (κ2) is 5.63. The highest BCUT2D eigenvalue weighted by Crippen LogP contribution is 2.39. The summed E-state index contributed by atoms with van der Waals surface area (Å²) in [5, 5.41) is 15.9. The third-order valence-electron chi connectivity index (χ3n) is 3.97. The van der Waals surface area contributed by atoms with Crippen molar-refractivity contribution in [2.45, 2.75) is 19.4 Å². The normalized spacial score (nSPS) is 21.1. The maximum Gasteiger partial charge on any atom is 0.307 e. The molecule has 1 amide bonds. The SMILES string of the molecule is C[C@H](NC(=O)[C@H]1C[C@H]1C(=O)O)c1ccc(-n2cccn2)cc1. The Hall–Kier alpha value is -2.63. The molecule has 22 heavy (non-hydrogen) atoms. The van der Waals surface area contributed by atoms with Crippen molar-refractivity contribution >= 4 is 11.9 Å². The number of rotatable bonds is 5. The van der Waals surface area contributed by atoms with Crippen molar-refractivity contribution in [3.05, 3.63) is 48.3 Å². The van der Waals surface area contributed by atoms with Gasteiger partial charge in [0.15, 0.2) is 0 Å². The molecule has 2 N–H and O–H groups in total. The fourth-order valence-corrected chi connectivity index (χ4v) is 2.50. The van der Waals surface area contributed by atoms with Crippen LogP contribution in [0.2, 0.25) is 0 Å². The fourth-order valence-electron chi connectivity index (χ4n) is 2.50. The highest BCUT2D eigenvalue weighted by molar-refractivity contribution is 5.89. The van der Waals surface area contributed by atoms with E-state index in [0.717, 1.165) is 11.3 Å². The van der Waals surface area contributed by atoms with Crippen molar-refractivity contribution < 1.29 is 14.7 Å². The molecule has 3 atom stereocenters. The van der Waals surface area contributed by atoms with Crippen LogP contribution in [0, 0.1) is 11.8 Å². The number of hydrogen-bond acceptors (Lipinski definition) is 3. The van der Waals surface area contributed by atoms with E-state index >= 15 is 0 Å². The van der Waals surface area contributed by atoms with E-state index in [0.29, 0.717) is 6.42 Å². The fraction of sp³-hybridized carbons (Fsp3) is 0.312. The van der Waals surface area contributed by atoms with Gasteiger partial charge >= 0.3 is 5.97 Å². The largest absolute Gasteiger partial charge is 0.481 e. The lowest BCUT2D eigenvalue weighted by Crippen LogP contribution is -2.29. The van der Waals surface area contributed by atoms with E-state index < -0.39 is 11.9 Å². The lowest BCUT2D eigenvalue weighted by Gasteiger charge is -2.15. The van der Waals surface area contributed by atoms with Crippen LogP contribution in [0.5, 0.6) is 0 Å². The van der Waals surface area contributed by atoms with E-state index in [2.05, 4.69) is 10.4 Å². The van der Waals surface area contributed by atoms with Crippen molar-refractivity contribution in [3.63, 3.8) is 0 Å². The second-order valence-corrected chi connectivity index (χ2v) is 5.56. The van der Waals surface area contributed by atoms with Crippen LogP contribution >= 0.6 is 0 Å². The van der Waals surface area contributed by atoms with E-state index in [-0.39, 0.29) is 17.9 Å². The summed E-state index contributed by atoms with van der Waals surface area (Å²) in [4.78, 5) is 22.8. The van der Waals surface area contributed by atoms with Crippen molar-refractivity contribution in [3.8, 4) is 5.69 Å². The van der Waals surface area contributed by atoms with Crippen LogP contribution < -0.4 is 5.32 Å². The Kier molecular flexibility index (Phi) is 3.66. The van der Waals surface area contributed by atoms with Gasteiger partial charge in [-0.2, -0.15) is 5.10 Å². The summed E-state index contributed by atoms with van der Waals surface area (Å²) in [6.07, 6.45) is 4.01. The first kappa shape index (κ1) is 14.3. The first-order chi connectivity index (χ1) is 10.6. The molecule has 1 heterocycles. The zero-order valence-electron chi connectivity index (χ0n) is 12.1. The Morgan fingerprint density at radius 3 is 2.59 bits per heavy atom. The summed E-state index contributed by atoms with van der Waals surface area (Å²) in [5.41, 5.74) is 1.91. The highest BCUT2D eigenvalue weighted by atomic mass is 16.4. The molecule has 1 aliphatic carbocycles. The molecule has 1 saturated carbocycles. The molecular formula is C16H17N3O3. The summed E-state index contributed by atoms with van der Waals surface area (Å²) in [6, 6.07) is 9.43. The molecule has 0 unspecified atom stereocenters. The van der Waals surface area contributed by atoms with E-state index in [1.54, 1.807) is 10.9 Å². The predicted octanol–water partition coefficient (Wildman–Crippen LogP) is 1.77. The molecular weight excluding hydrogens is 282 g/mol. The summed E-state index contributed by atoms with van der Waals surface area (Å²) < 4.78 is 1.76. The number of amides is 1. The van der Waals surface area contributed by atoms with Crippen molar-refractivity contribution in [2.24, 2.45) is 11.8 Å². The molecule has 114 valence electrons. The summed E-state index contributed by atoms with van der Waals surface area (Å²) in [5.74, 6) is -1.98. The van der Waals surface area contributed by atoms with Gasteiger partial charge in [0.2, 0.25) is 5.91 Å². The number of nitrogens with one attached hydrogen (secondary N) is 1. The van der Waals surface area contributed by atoms with Crippen LogP contribution in [-0.4, -0.2) is 26.8 Å². The lowest BCUT2D eigenvalue weighted by molar-refractivity contribution is -0.140. The van der Waals surface area contributed by atoms with E-state index in [9.17, 15) is 9.59 Å². The van der Waals surface area contributed by atoms with E-state index in [1.807, 2.05) is 43.5 Å². The van der Waals surface area contributed by atoms with Crippen LogP contribution in [0.15, 0.2) is 42.7 Å². The van der Waals surface area contributed by atoms with E-state index in [4.69, 9.17) is 5.11 Å². The number of carbonyl (C=O) groups is 2. The average Bonchev–Trinajstić information content (AvgIpc) is 3.14. The number of aromatic nitrogens is 2. The minimum atomic E-state index is -0.892. The van der Waals surface area contributed by atoms with Crippen molar-refractivity contribution in [1.29, 1.82) is 0 Å². The molecule has 1 aliphatic rings. The van der Waals surface area contributed by atoms with Crippen molar-refractivity contribution in [2.75, 3.05) is 0 Å². The molecule has 6 nitrogen and oxygen atoms in total. The molecule has 1 fully saturated rings. The minimum Gasteiger partial charge on any atom is -0.481 e. The third-order valence-corrected chi connectivity index (χ3v) is 3.97. The molecule has 0 saturated heterocycles. The van der Waals surface area contributed by atoms with Crippen LogP contribution in [0.1, 0.15) is 24.9 Å². The quantitative estimate of drug-likeness (QED) is 0.881. The van der Waals surface area contributed by atoms with Gasteiger partial charge in [-0.15, -0.1) is 0 Å². The number of carboxylic acid groups (broad SMARTS) is 1. The van der Waals surface area contributed by atoms with Gasteiger partial charge in [-0.1, -0.05) is 12.1 Å². The number of aliphatic carboxylic acids is 1. The first-order valence-electron chi connectivity index (χ1n) is 7.19. The zero-order chi connectivity index (χ0) is 15.7. The Morgan fingerprint density at radius 2 is 2.05 bits per heavy atom. The maximum atomic E-state index is 12.0. The van der Waals surface area contributed by atoms with Crippen LogP contribution in [0.3, 0.4) is 0 Å². The van der Waals surface area contributed by atoms with Gasteiger partial charge in [0, 0.05) is 12.4 Å². The zero-order valence-corrected chi connectivity index (χ0v) is 12.1. The smallest absolute Gasteiger partial charge is 0.307 e. The monoisotopic (exact) mass is 299 g/mol. The Balaban J connectivity index is 1.62. The predicted molar refractivity (Wildman–Crippen MR) is 79.4 cm³/mol. The Morgan fingerprint density at radius 1 is 1.32 bits per heavy atom. The summed E-state index contributed by atoms with van der Waals surface area (Å²) in [6.45, 7) is 1.89. The summed E-state index contributed by atoms with van der Waals surface area (Å²) >= 11 is 0. The molecule has 6 heteroatoms. The molecule has 0 spiro atoms. The molecule has 3 rings (SSSR count). The van der Waals surface area contributed by atoms with E-state index in [1.165, 1.54) is 0 Å². The average molecular weight is 299 g/mol. The van der Waals surface area contributed by atoms with Gasteiger partial charge in [-0.05, 0) is 37.1 Å². The number of carboxylic acids is 1. The molecule has 1 aromatic carbocycles. The van der Waals surface area contributed by atoms with Gasteiger partial charge < -0.3 is 10.4 Å². The summed E-state index contributed by atoms with van der Waals surface area (Å²) in [7, 11) is 0.